The molecule has 2 rings (SSSR count). The summed E-state index contributed by atoms with van der Waals surface area (Å²) in [5.41, 5.74) is 0.238. The number of hydrogen-bond acceptors (Lipinski definition) is 3. The van der Waals surface area contributed by atoms with Gasteiger partial charge in [0.1, 0.15) is 5.75 Å². The van der Waals surface area contributed by atoms with Crippen molar-refractivity contribution in [2.24, 2.45) is 5.41 Å². The number of carboxylic acid groups (broad SMARTS) is 1. The van der Waals surface area contributed by atoms with Crippen molar-refractivity contribution in [1.29, 1.82) is 0 Å². The summed E-state index contributed by atoms with van der Waals surface area (Å²) in [5, 5.41) is 9.24. The average Bonchev–Trinajstić information content (AvgIpc) is 2.91. The van der Waals surface area contributed by atoms with E-state index >= 15 is 0 Å². The van der Waals surface area contributed by atoms with E-state index in [-0.39, 0.29) is 11.8 Å². The number of aliphatic carboxylic acids is 1. The molecule has 2 atom stereocenters. The molecular weight excluding hydrogens is 282 g/mol. The molecule has 1 saturated heterocycles. The molecule has 22 heavy (non-hydrogen) atoms. The molecule has 0 saturated carbocycles. The average molecular weight is 305 g/mol. The number of nitrogens with zero attached hydrogens (tertiary/aromatic N) is 1. The van der Waals surface area contributed by atoms with Gasteiger partial charge in [0.2, 0.25) is 5.91 Å². The highest BCUT2D eigenvalue weighted by atomic mass is 16.5. The van der Waals surface area contributed by atoms with Gasteiger partial charge in [0, 0.05) is 19.5 Å². The topological polar surface area (TPSA) is 66.8 Å². The predicted octanol–water partition coefficient (Wildman–Crippen LogP) is 2.51. The molecule has 0 radical (unpaired) electrons. The number of methoxy groups -OCH3 is 1. The van der Waals surface area contributed by atoms with Crippen LogP contribution in [0.1, 0.15) is 38.2 Å². The fourth-order valence-corrected chi connectivity index (χ4v) is 2.81. The highest BCUT2D eigenvalue weighted by Gasteiger charge is 2.42. The van der Waals surface area contributed by atoms with Crippen molar-refractivity contribution in [1.82, 2.24) is 4.90 Å². The van der Waals surface area contributed by atoms with Gasteiger partial charge in [-0.1, -0.05) is 19.1 Å². The van der Waals surface area contributed by atoms with Crippen LogP contribution >= 0.6 is 0 Å². The second kappa shape index (κ2) is 6.38. The van der Waals surface area contributed by atoms with Gasteiger partial charge in [0.15, 0.2) is 0 Å². The van der Waals surface area contributed by atoms with Crippen LogP contribution in [0.25, 0.3) is 0 Å². The molecule has 5 heteroatoms. The highest BCUT2D eigenvalue weighted by molar-refractivity contribution is 5.81. The summed E-state index contributed by atoms with van der Waals surface area (Å²) in [6.07, 6.45) is 0.893. The van der Waals surface area contributed by atoms with E-state index in [9.17, 15) is 14.7 Å². The van der Waals surface area contributed by atoms with Gasteiger partial charge >= 0.3 is 5.97 Å². The van der Waals surface area contributed by atoms with Gasteiger partial charge in [-0.3, -0.25) is 9.59 Å². The third-order valence-electron chi connectivity index (χ3n) is 4.49. The number of likely N-dealkylation sites (tertiary alicyclic amines) is 1. The van der Waals surface area contributed by atoms with Crippen LogP contribution in [0, 0.1) is 5.41 Å². The van der Waals surface area contributed by atoms with E-state index in [0.29, 0.717) is 25.9 Å². The lowest BCUT2D eigenvalue weighted by Gasteiger charge is -2.22. The Morgan fingerprint density at radius 1 is 1.45 bits per heavy atom. The smallest absolute Gasteiger partial charge is 0.311 e. The molecule has 120 valence electrons. The van der Waals surface area contributed by atoms with Gasteiger partial charge in [0.25, 0.3) is 0 Å². The van der Waals surface area contributed by atoms with Crippen LogP contribution in [-0.2, 0) is 9.59 Å². The van der Waals surface area contributed by atoms with Crippen LogP contribution in [-0.4, -0.2) is 42.1 Å². The normalized spacial score (nSPS) is 22.4. The van der Waals surface area contributed by atoms with Gasteiger partial charge in [-0.15, -0.1) is 0 Å². The van der Waals surface area contributed by atoms with Crippen molar-refractivity contribution >= 4 is 11.9 Å². The minimum absolute atomic E-state index is 0.0142. The first kappa shape index (κ1) is 16.3. The lowest BCUT2D eigenvalue weighted by molar-refractivity contribution is -0.147. The number of benzene rings is 1. The fourth-order valence-electron chi connectivity index (χ4n) is 2.81. The van der Waals surface area contributed by atoms with Crippen molar-refractivity contribution < 1.29 is 19.4 Å². The van der Waals surface area contributed by atoms with Gasteiger partial charge in [-0.05, 0) is 37.0 Å². The minimum atomic E-state index is -0.830. The number of hydrogen-bond donors (Lipinski definition) is 1. The van der Waals surface area contributed by atoms with Gasteiger partial charge in [-0.2, -0.15) is 0 Å². The maximum absolute atomic E-state index is 12.4. The third kappa shape index (κ3) is 3.40. The second-order valence-electron chi connectivity index (χ2n) is 6.31. The number of carbonyl (C=O) groups excluding carboxylic acids is 1. The summed E-state index contributed by atoms with van der Waals surface area (Å²) in [6, 6.07) is 7.69. The molecule has 0 aromatic heterocycles. The molecule has 0 aliphatic carbocycles. The molecule has 1 amide bonds. The zero-order chi connectivity index (χ0) is 16.3. The van der Waals surface area contributed by atoms with E-state index in [0.717, 1.165) is 11.3 Å². The maximum atomic E-state index is 12.4. The molecule has 0 bridgehead atoms. The Labute approximate surface area is 130 Å². The highest BCUT2D eigenvalue weighted by Crippen LogP contribution is 2.32. The number of rotatable bonds is 5. The lowest BCUT2D eigenvalue weighted by Crippen LogP contribution is -2.35. The monoisotopic (exact) mass is 305 g/mol. The van der Waals surface area contributed by atoms with Crippen LogP contribution in [0.3, 0.4) is 0 Å². The second-order valence-corrected chi connectivity index (χ2v) is 6.31. The Hall–Kier alpha value is -2.04. The first-order chi connectivity index (χ1) is 10.4. The Kier molecular flexibility index (Phi) is 4.74. The molecule has 0 spiro atoms. The Balaban J connectivity index is 1.98. The van der Waals surface area contributed by atoms with Gasteiger partial charge < -0.3 is 14.7 Å². The van der Waals surface area contributed by atoms with E-state index in [1.807, 2.05) is 31.2 Å². The van der Waals surface area contributed by atoms with Crippen LogP contribution in [0.15, 0.2) is 24.3 Å². The number of carboxylic acids is 1. The van der Waals surface area contributed by atoms with Crippen LogP contribution in [0.2, 0.25) is 0 Å². The Morgan fingerprint density at radius 3 is 2.77 bits per heavy atom. The summed E-state index contributed by atoms with van der Waals surface area (Å²) in [7, 11) is 1.62. The number of ether oxygens (including phenoxy) is 1. The molecule has 1 N–H and O–H groups in total. The SMILES string of the molecule is COc1cccc([C@@H](C)CC(=O)N2CC[C@@](C)(C(=O)O)C2)c1. The Morgan fingerprint density at radius 2 is 2.18 bits per heavy atom. The van der Waals surface area contributed by atoms with Crippen molar-refractivity contribution in [3.05, 3.63) is 29.8 Å². The van der Waals surface area contributed by atoms with E-state index in [4.69, 9.17) is 4.74 Å². The van der Waals surface area contributed by atoms with Crippen molar-refractivity contribution in [3.63, 3.8) is 0 Å². The summed E-state index contributed by atoms with van der Waals surface area (Å²) in [6.45, 7) is 4.52. The molecule has 1 aromatic rings. The summed E-state index contributed by atoms with van der Waals surface area (Å²) in [5.74, 6) is 0.0275. The molecule has 1 aliphatic rings. The molecule has 1 heterocycles. The quantitative estimate of drug-likeness (QED) is 0.907. The van der Waals surface area contributed by atoms with E-state index in [1.165, 1.54) is 0 Å². The van der Waals surface area contributed by atoms with E-state index in [1.54, 1.807) is 18.9 Å². The number of amides is 1. The van der Waals surface area contributed by atoms with Gasteiger partial charge in [0.05, 0.1) is 12.5 Å². The van der Waals surface area contributed by atoms with Crippen molar-refractivity contribution in [2.45, 2.75) is 32.6 Å². The van der Waals surface area contributed by atoms with E-state index in [2.05, 4.69) is 0 Å². The first-order valence-corrected chi connectivity index (χ1v) is 7.51. The zero-order valence-corrected chi connectivity index (χ0v) is 13.3. The molecule has 0 unspecified atom stereocenters. The number of carbonyl (C=O) groups is 2. The van der Waals surface area contributed by atoms with Crippen molar-refractivity contribution in [2.75, 3.05) is 20.2 Å². The Bertz CT molecular complexity index is 572. The largest absolute Gasteiger partial charge is 0.497 e. The van der Waals surface area contributed by atoms with Crippen LogP contribution < -0.4 is 4.74 Å². The van der Waals surface area contributed by atoms with Crippen LogP contribution in [0.5, 0.6) is 5.75 Å². The fraction of sp³-hybridized carbons (Fsp3) is 0.529. The molecule has 5 nitrogen and oxygen atoms in total. The standard InChI is InChI=1S/C17H23NO4/c1-12(13-5-4-6-14(10-13)22-3)9-15(19)18-8-7-17(2,11-18)16(20)21/h4-6,10,12H,7-9,11H2,1-3H3,(H,20,21)/t12-,17+/m0/s1. The van der Waals surface area contributed by atoms with E-state index < -0.39 is 11.4 Å². The molecule has 1 fully saturated rings. The maximum Gasteiger partial charge on any atom is 0.311 e. The van der Waals surface area contributed by atoms with Gasteiger partial charge in [-0.25, -0.2) is 0 Å². The molecule has 1 aliphatic heterocycles. The predicted molar refractivity (Wildman–Crippen MR) is 83.0 cm³/mol. The molecular formula is C17H23NO4. The summed E-state index contributed by atoms with van der Waals surface area (Å²) < 4.78 is 5.20. The first-order valence-electron chi connectivity index (χ1n) is 7.51. The van der Waals surface area contributed by atoms with Crippen LogP contribution in [0.4, 0.5) is 0 Å². The van der Waals surface area contributed by atoms with Crippen molar-refractivity contribution in [3.8, 4) is 5.75 Å². The lowest BCUT2D eigenvalue weighted by atomic mass is 9.90. The molecule has 1 aromatic carbocycles. The zero-order valence-electron chi connectivity index (χ0n) is 13.3. The summed E-state index contributed by atoms with van der Waals surface area (Å²) in [4.78, 5) is 25.3. The summed E-state index contributed by atoms with van der Waals surface area (Å²) >= 11 is 0. The third-order valence-corrected chi connectivity index (χ3v) is 4.49. The minimum Gasteiger partial charge on any atom is -0.497 e.